The molecule has 3 rings (SSSR count). The van der Waals surface area contributed by atoms with Crippen molar-refractivity contribution in [1.29, 1.82) is 0 Å². The van der Waals surface area contributed by atoms with E-state index < -0.39 is 29.7 Å². The minimum Gasteiger partial charge on any atom is -0.480 e. The fourth-order valence-electron chi connectivity index (χ4n) is 3.92. The predicted molar refractivity (Wildman–Crippen MR) is 118 cm³/mol. The van der Waals surface area contributed by atoms with Gasteiger partial charge in [-0.25, -0.2) is 9.59 Å². The summed E-state index contributed by atoms with van der Waals surface area (Å²) in [5.41, 5.74) is 0.499. The third kappa shape index (κ3) is 5.03. The Labute approximate surface area is 187 Å². The van der Waals surface area contributed by atoms with Crippen molar-refractivity contribution in [2.45, 2.75) is 77.1 Å². The number of aromatic nitrogens is 2. The molecular formula is C23H30ClN3O4. The Morgan fingerprint density at radius 3 is 2.35 bits per heavy atom. The van der Waals surface area contributed by atoms with E-state index >= 15 is 0 Å². The van der Waals surface area contributed by atoms with Crippen molar-refractivity contribution in [3.05, 3.63) is 52.8 Å². The third-order valence-corrected chi connectivity index (χ3v) is 5.49. The van der Waals surface area contributed by atoms with E-state index in [1.54, 1.807) is 39.0 Å². The normalized spacial score (nSPS) is 21.9. The Balaban J connectivity index is 2.12. The van der Waals surface area contributed by atoms with E-state index in [1.165, 1.54) is 4.90 Å². The molecule has 0 bridgehead atoms. The van der Waals surface area contributed by atoms with Crippen LogP contribution >= 0.6 is 11.6 Å². The quantitative estimate of drug-likeness (QED) is 0.698. The summed E-state index contributed by atoms with van der Waals surface area (Å²) >= 11 is 6.24. The highest BCUT2D eigenvalue weighted by atomic mass is 35.5. The molecule has 1 aromatic heterocycles. The summed E-state index contributed by atoms with van der Waals surface area (Å²) in [6.45, 7) is 11.4. The van der Waals surface area contributed by atoms with Gasteiger partial charge in [-0.2, -0.15) is 5.10 Å². The van der Waals surface area contributed by atoms with E-state index in [9.17, 15) is 14.7 Å². The van der Waals surface area contributed by atoms with Crippen LogP contribution in [0.3, 0.4) is 0 Å². The molecule has 0 saturated carbocycles. The van der Waals surface area contributed by atoms with Gasteiger partial charge in [0.1, 0.15) is 11.6 Å². The predicted octanol–water partition coefficient (Wildman–Crippen LogP) is 5.21. The average molecular weight is 448 g/mol. The Morgan fingerprint density at radius 1 is 1.16 bits per heavy atom. The summed E-state index contributed by atoms with van der Waals surface area (Å²) in [4.78, 5) is 26.7. The number of likely N-dealkylation sites (tertiary alicyclic amines) is 1. The van der Waals surface area contributed by atoms with Gasteiger partial charge < -0.3 is 9.84 Å². The molecule has 2 aromatic rings. The summed E-state index contributed by atoms with van der Waals surface area (Å²) in [7, 11) is 0. The molecule has 168 valence electrons. The first-order valence-electron chi connectivity index (χ1n) is 10.3. The molecule has 1 aliphatic heterocycles. The molecule has 1 aliphatic rings. The van der Waals surface area contributed by atoms with Crippen LogP contribution in [-0.2, 0) is 15.1 Å². The largest absolute Gasteiger partial charge is 0.480 e. The van der Waals surface area contributed by atoms with Crippen LogP contribution in [-0.4, -0.2) is 43.5 Å². The summed E-state index contributed by atoms with van der Waals surface area (Å²) < 4.78 is 7.44. The number of amides is 1. The number of halogens is 1. The molecule has 1 fully saturated rings. The van der Waals surface area contributed by atoms with Crippen LogP contribution in [0.1, 0.15) is 71.2 Å². The Morgan fingerprint density at radius 2 is 1.84 bits per heavy atom. The van der Waals surface area contributed by atoms with Crippen LogP contribution in [0.15, 0.2) is 36.5 Å². The molecule has 1 aromatic carbocycles. The lowest BCUT2D eigenvalue weighted by atomic mass is 9.90. The van der Waals surface area contributed by atoms with Crippen molar-refractivity contribution in [2.75, 3.05) is 0 Å². The molecule has 1 N–H and O–H groups in total. The smallest absolute Gasteiger partial charge is 0.411 e. The minimum atomic E-state index is -1.07. The third-order valence-electron chi connectivity index (χ3n) is 5.25. The van der Waals surface area contributed by atoms with Crippen LogP contribution in [0.25, 0.3) is 0 Å². The number of hydrogen-bond donors (Lipinski definition) is 1. The highest BCUT2D eigenvalue weighted by Gasteiger charge is 2.50. The van der Waals surface area contributed by atoms with Crippen molar-refractivity contribution in [1.82, 2.24) is 14.7 Å². The van der Waals surface area contributed by atoms with Crippen molar-refractivity contribution in [3.8, 4) is 0 Å². The van der Waals surface area contributed by atoms with Crippen LogP contribution in [0.2, 0.25) is 5.02 Å². The lowest BCUT2D eigenvalue weighted by molar-refractivity contribution is -0.142. The maximum Gasteiger partial charge on any atom is 0.411 e. The molecule has 0 spiro atoms. The first-order chi connectivity index (χ1) is 14.3. The van der Waals surface area contributed by atoms with Gasteiger partial charge in [-0.05, 0) is 71.7 Å². The maximum absolute atomic E-state index is 13.2. The zero-order chi connectivity index (χ0) is 23.1. The minimum absolute atomic E-state index is 0.223. The highest BCUT2D eigenvalue weighted by molar-refractivity contribution is 6.30. The monoisotopic (exact) mass is 447 g/mol. The van der Waals surface area contributed by atoms with E-state index in [2.05, 4.69) is 0 Å². The number of carboxylic acids is 1. The van der Waals surface area contributed by atoms with Crippen molar-refractivity contribution in [3.63, 3.8) is 0 Å². The zero-order valence-corrected chi connectivity index (χ0v) is 19.6. The number of hydrogen-bond acceptors (Lipinski definition) is 4. The van der Waals surface area contributed by atoms with Gasteiger partial charge >= 0.3 is 12.1 Å². The second-order valence-corrected chi connectivity index (χ2v) is 10.4. The number of carbonyl (C=O) groups excluding carboxylic acids is 1. The second kappa shape index (κ2) is 8.19. The van der Waals surface area contributed by atoms with Gasteiger partial charge in [-0.3, -0.25) is 9.58 Å². The van der Waals surface area contributed by atoms with Gasteiger partial charge in [-0.15, -0.1) is 0 Å². The maximum atomic E-state index is 13.2. The van der Waals surface area contributed by atoms with Crippen LogP contribution < -0.4 is 0 Å². The fourth-order valence-corrected chi connectivity index (χ4v) is 4.12. The molecule has 1 saturated heterocycles. The fraction of sp³-hybridized carbons (Fsp3) is 0.522. The van der Waals surface area contributed by atoms with E-state index in [4.69, 9.17) is 21.4 Å². The molecule has 8 heteroatoms. The molecule has 1 unspecified atom stereocenters. The van der Waals surface area contributed by atoms with Gasteiger partial charge in [0.2, 0.25) is 0 Å². The topological polar surface area (TPSA) is 84.7 Å². The molecule has 1 amide bonds. The lowest BCUT2D eigenvalue weighted by Crippen LogP contribution is -2.44. The number of nitrogens with zero attached hydrogens (tertiary/aromatic N) is 3. The SMILES string of the molecule is CC(C)(C)OC(=O)N1[C@H](C(=O)O)CC(c2ccn(C(C)(C)C)n2)[C@@H]1c1cccc(Cl)c1. The van der Waals surface area contributed by atoms with Crippen LogP contribution in [0.4, 0.5) is 4.79 Å². The molecular weight excluding hydrogens is 418 g/mol. The summed E-state index contributed by atoms with van der Waals surface area (Å²) in [6.07, 6.45) is 1.45. The van der Waals surface area contributed by atoms with Gasteiger partial charge in [0, 0.05) is 17.1 Å². The summed E-state index contributed by atoms with van der Waals surface area (Å²) in [6, 6.07) is 7.44. The van der Waals surface area contributed by atoms with E-state index in [1.807, 2.05) is 43.8 Å². The van der Waals surface area contributed by atoms with Crippen molar-refractivity contribution >= 4 is 23.7 Å². The van der Waals surface area contributed by atoms with E-state index in [-0.39, 0.29) is 17.9 Å². The zero-order valence-electron chi connectivity index (χ0n) is 18.8. The Bertz CT molecular complexity index is 974. The number of ether oxygens (including phenoxy) is 1. The van der Waals surface area contributed by atoms with Gasteiger partial charge in [0.25, 0.3) is 0 Å². The lowest BCUT2D eigenvalue weighted by Gasteiger charge is -2.32. The molecule has 3 atom stereocenters. The average Bonchev–Trinajstić information content (AvgIpc) is 3.25. The van der Waals surface area contributed by atoms with E-state index in [0.717, 1.165) is 11.3 Å². The number of aliphatic carboxylic acids is 1. The Hall–Kier alpha value is -2.54. The highest BCUT2D eigenvalue weighted by Crippen LogP contribution is 2.47. The number of benzene rings is 1. The number of carbonyl (C=O) groups is 2. The summed E-state index contributed by atoms with van der Waals surface area (Å²) in [5, 5.41) is 15.2. The Kier molecular flexibility index (Phi) is 6.11. The molecule has 7 nitrogen and oxygen atoms in total. The van der Waals surface area contributed by atoms with Gasteiger partial charge in [0.05, 0.1) is 17.3 Å². The molecule has 31 heavy (non-hydrogen) atoms. The first kappa shape index (κ1) is 23.1. The van der Waals surface area contributed by atoms with E-state index in [0.29, 0.717) is 5.02 Å². The standard InChI is InChI=1S/C23H30ClN3O4/c1-22(2,3)26-11-10-17(25-26)16-13-18(20(28)29)27(21(30)31-23(4,5)6)19(16)14-8-7-9-15(24)12-14/h7-12,16,18-19H,13H2,1-6H3,(H,28,29)/t16?,18-,19-/m0/s1. The number of rotatable bonds is 3. The van der Waals surface area contributed by atoms with Crippen molar-refractivity contribution in [2.24, 2.45) is 0 Å². The molecule has 0 aliphatic carbocycles. The van der Waals surface area contributed by atoms with Crippen LogP contribution in [0.5, 0.6) is 0 Å². The van der Waals surface area contributed by atoms with Crippen LogP contribution in [0, 0.1) is 0 Å². The molecule has 0 radical (unpaired) electrons. The first-order valence-corrected chi connectivity index (χ1v) is 10.7. The summed E-state index contributed by atoms with van der Waals surface area (Å²) in [5.74, 6) is -1.40. The van der Waals surface area contributed by atoms with Gasteiger partial charge in [0.15, 0.2) is 0 Å². The second-order valence-electron chi connectivity index (χ2n) is 9.94. The molecule has 2 heterocycles. The number of carboxylic acid groups (broad SMARTS) is 1. The van der Waals surface area contributed by atoms with Gasteiger partial charge in [-0.1, -0.05) is 23.7 Å². The van der Waals surface area contributed by atoms with Crippen molar-refractivity contribution < 1.29 is 19.4 Å².